The van der Waals surface area contributed by atoms with Gasteiger partial charge >= 0.3 is 6.09 Å². The van der Waals surface area contributed by atoms with Crippen molar-refractivity contribution in [3.8, 4) is 0 Å². The van der Waals surface area contributed by atoms with E-state index in [1.807, 2.05) is 20.8 Å². The normalized spacial score (nSPS) is 23.4. The van der Waals surface area contributed by atoms with Gasteiger partial charge in [0.05, 0.1) is 0 Å². The highest BCUT2D eigenvalue weighted by Crippen LogP contribution is 2.41. The van der Waals surface area contributed by atoms with Crippen LogP contribution < -0.4 is 0 Å². The Balaban J connectivity index is 1.81. The van der Waals surface area contributed by atoms with Crippen molar-refractivity contribution in [1.29, 1.82) is 0 Å². The molecule has 0 atom stereocenters. The van der Waals surface area contributed by atoms with Gasteiger partial charge in [-0.25, -0.2) is 4.79 Å². The highest BCUT2D eigenvalue weighted by atomic mass is 35.7. The third-order valence-corrected chi connectivity index (χ3v) is 4.50. The smallest absolute Gasteiger partial charge is 0.410 e. The van der Waals surface area contributed by atoms with Gasteiger partial charge in [0.2, 0.25) is 0 Å². The summed E-state index contributed by atoms with van der Waals surface area (Å²) >= 11 is 0. The average molecular weight is 297 g/mol. The maximum atomic E-state index is 11.7. The molecule has 1 spiro atoms. The minimum absolute atomic E-state index is 0.112. The molecule has 8 heteroatoms. The second-order valence-electron chi connectivity index (χ2n) is 6.05. The molecule has 0 aromatic rings. The molecule has 0 saturated carbocycles. The van der Waals surface area contributed by atoms with Crippen molar-refractivity contribution in [2.24, 2.45) is 5.41 Å². The van der Waals surface area contributed by atoms with Crippen LogP contribution in [-0.4, -0.2) is 55.5 Å². The lowest BCUT2D eigenvalue weighted by atomic mass is 9.75. The van der Waals surface area contributed by atoms with Crippen molar-refractivity contribution in [2.45, 2.75) is 26.4 Å². The van der Waals surface area contributed by atoms with Crippen LogP contribution in [0.15, 0.2) is 0 Å². The van der Waals surface area contributed by atoms with Gasteiger partial charge in [0.1, 0.15) is 5.60 Å². The van der Waals surface area contributed by atoms with E-state index in [-0.39, 0.29) is 11.5 Å². The van der Waals surface area contributed by atoms with Crippen molar-refractivity contribution in [2.75, 3.05) is 26.2 Å². The number of carbonyl (C=O) groups is 1. The number of nitrogens with zero attached hydrogens (tertiary/aromatic N) is 2. The Hall–Kier alpha value is -0.530. The lowest BCUT2D eigenvalue weighted by molar-refractivity contribution is -0.0833. The van der Waals surface area contributed by atoms with Gasteiger partial charge in [0.15, 0.2) is 0 Å². The van der Waals surface area contributed by atoms with Gasteiger partial charge in [-0.05, 0) is 20.8 Å². The Labute approximate surface area is 111 Å². The van der Waals surface area contributed by atoms with Gasteiger partial charge in [-0.15, -0.1) is 0 Å². The summed E-state index contributed by atoms with van der Waals surface area (Å²) < 4.78 is 28.5. The fourth-order valence-electron chi connectivity index (χ4n) is 2.28. The number of ether oxygens (including phenoxy) is 1. The molecule has 0 N–H and O–H groups in total. The number of rotatable bonds is 1. The molecule has 1 amide bonds. The Morgan fingerprint density at radius 3 is 2.11 bits per heavy atom. The number of likely N-dealkylation sites (tertiary alicyclic amines) is 1. The van der Waals surface area contributed by atoms with Gasteiger partial charge in [-0.3, -0.25) is 0 Å². The van der Waals surface area contributed by atoms with Crippen molar-refractivity contribution in [1.82, 2.24) is 9.21 Å². The fraction of sp³-hybridized carbons (Fsp3) is 0.900. The molecular weight excluding hydrogens is 280 g/mol. The average Bonchev–Trinajstić information content (AvgIpc) is 1.90. The first-order valence-corrected chi connectivity index (χ1v) is 7.95. The van der Waals surface area contributed by atoms with Crippen LogP contribution in [0.3, 0.4) is 0 Å². The Kier molecular flexibility index (Phi) is 3.07. The number of carbonyl (C=O) groups excluding carboxylic acids is 1. The van der Waals surface area contributed by atoms with Crippen LogP contribution in [0.4, 0.5) is 4.79 Å². The van der Waals surface area contributed by atoms with Crippen LogP contribution in [-0.2, 0) is 14.0 Å². The number of hydrogen-bond donors (Lipinski definition) is 0. The Morgan fingerprint density at radius 1 is 1.22 bits per heavy atom. The molecule has 104 valence electrons. The first-order valence-electron chi connectivity index (χ1n) is 5.69. The second-order valence-corrected chi connectivity index (χ2v) is 8.56. The van der Waals surface area contributed by atoms with E-state index < -0.39 is 14.8 Å². The van der Waals surface area contributed by atoms with Crippen molar-refractivity contribution in [3.63, 3.8) is 0 Å². The van der Waals surface area contributed by atoms with Crippen LogP contribution in [0, 0.1) is 5.41 Å². The standard InChI is InChI=1S/C10H17ClN2O4S/c1-9(2,3)17-8(14)12-4-10(5-12)6-13(7-10)18(11,15)16/h4-7H2,1-3H3. The molecule has 2 heterocycles. The van der Waals surface area contributed by atoms with E-state index in [1.165, 1.54) is 4.31 Å². The Bertz CT molecular complexity index is 457. The minimum Gasteiger partial charge on any atom is -0.444 e. The first-order chi connectivity index (χ1) is 8.01. The molecule has 0 radical (unpaired) electrons. The molecular formula is C10H17ClN2O4S. The van der Waals surface area contributed by atoms with E-state index in [4.69, 9.17) is 15.4 Å². The van der Waals surface area contributed by atoms with Crippen molar-refractivity contribution < 1.29 is 17.9 Å². The van der Waals surface area contributed by atoms with E-state index in [2.05, 4.69) is 0 Å². The molecule has 0 aromatic heterocycles. The summed E-state index contributed by atoms with van der Waals surface area (Å²) in [4.78, 5) is 13.3. The van der Waals surface area contributed by atoms with Crippen LogP contribution in [0.25, 0.3) is 0 Å². The van der Waals surface area contributed by atoms with Crippen molar-refractivity contribution >= 4 is 26.0 Å². The van der Waals surface area contributed by atoms with E-state index in [9.17, 15) is 13.2 Å². The van der Waals surface area contributed by atoms with Crippen LogP contribution in [0.2, 0.25) is 0 Å². The predicted molar refractivity (Wildman–Crippen MR) is 66.6 cm³/mol. The SMILES string of the molecule is CC(C)(C)OC(=O)N1CC2(C1)CN(S(=O)(=O)Cl)C2. The maximum Gasteiger partial charge on any atom is 0.410 e. The summed E-state index contributed by atoms with van der Waals surface area (Å²) in [5.41, 5.74) is -0.621. The molecule has 0 aromatic carbocycles. The third kappa shape index (κ3) is 2.73. The molecule has 6 nitrogen and oxygen atoms in total. The monoisotopic (exact) mass is 296 g/mol. The lowest BCUT2D eigenvalue weighted by Crippen LogP contribution is -2.73. The zero-order valence-electron chi connectivity index (χ0n) is 10.6. The first kappa shape index (κ1) is 13.9. The summed E-state index contributed by atoms with van der Waals surface area (Å²) in [6, 6.07) is 0. The highest BCUT2D eigenvalue weighted by molar-refractivity contribution is 8.11. The van der Waals surface area contributed by atoms with Crippen molar-refractivity contribution in [3.05, 3.63) is 0 Å². The third-order valence-electron chi connectivity index (χ3n) is 3.04. The number of hydrogen-bond acceptors (Lipinski definition) is 4. The number of halogens is 1. The zero-order chi connectivity index (χ0) is 13.8. The summed E-state index contributed by atoms with van der Waals surface area (Å²) in [5, 5.41) is 0. The van der Waals surface area contributed by atoms with Gasteiger partial charge in [0.25, 0.3) is 9.24 Å². The van der Waals surface area contributed by atoms with Gasteiger partial charge in [-0.1, -0.05) is 0 Å². The number of amides is 1. The molecule has 2 rings (SSSR count). The maximum absolute atomic E-state index is 11.7. The fourth-order valence-corrected chi connectivity index (χ4v) is 3.42. The molecule has 2 aliphatic rings. The zero-order valence-corrected chi connectivity index (χ0v) is 12.2. The Morgan fingerprint density at radius 2 is 1.72 bits per heavy atom. The lowest BCUT2D eigenvalue weighted by Gasteiger charge is -2.58. The van der Waals surface area contributed by atoms with E-state index in [0.29, 0.717) is 26.2 Å². The summed E-state index contributed by atoms with van der Waals surface area (Å²) in [6.45, 7) is 7.27. The quantitative estimate of drug-likeness (QED) is 0.678. The van der Waals surface area contributed by atoms with E-state index in [0.717, 1.165) is 0 Å². The minimum atomic E-state index is -3.61. The molecule has 0 unspecified atom stereocenters. The molecule has 2 saturated heterocycles. The molecule has 0 bridgehead atoms. The summed E-state index contributed by atoms with van der Waals surface area (Å²) in [7, 11) is 1.61. The highest BCUT2D eigenvalue weighted by Gasteiger charge is 2.56. The van der Waals surface area contributed by atoms with Gasteiger partial charge in [0, 0.05) is 42.3 Å². The van der Waals surface area contributed by atoms with Gasteiger partial charge in [-0.2, -0.15) is 12.7 Å². The van der Waals surface area contributed by atoms with Gasteiger partial charge < -0.3 is 9.64 Å². The van der Waals surface area contributed by atoms with E-state index in [1.54, 1.807) is 4.90 Å². The van der Waals surface area contributed by atoms with Crippen LogP contribution in [0.1, 0.15) is 20.8 Å². The van der Waals surface area contributed by atoms with Crippen LogP contribution >= 0.6 is 10.7 Å². The largest absolute Gasteiger partial charge is 0.444 e. The van der Waals surface area contributed by atoms with Crippen LogP contribution in [0.5, 0.6) is 0 Å². The summed E-state index contributed by atoms with van der Waals surface area (Å²) in [6.07, 6.45) is -0.347. The topological polar surface area (TPSA) is 66.9 Å². The molecule has 0 aliphatic carbocycles. The predicted octanol–water partition coefficient (Wildman–Crippen LogP) is 1.02. The molecule has 18 heavy (non-hydrogen) atoms. The second kappa shape index (κ2) is 3.98. The molecule has 2 aliphatic heterocycles. The molecule has 2 fully saturated rings. The summed E-state index contributed by atoms with van der Waals surface area (Å²) in [5.74, 6) is 0. The van der Waals surface area contributed by atoms with E-state index >= 15 is 0 Å².